The monoisotopic (exact) mass is 588 g/mol. The summed E-state index contributed by atoms with van der Waals surface area (Å²) in [6.45, 7) is 3.41. The fourth-order valence-corrected chi connectivity index (χ4v) is 6.60. The molecule has 3 aromatic heterocycles. The Hall–Kier alpha value is -4.58. The third-order valence-corrected chi connectivity index (χ3v) is 8.72. The third-order valence-electron chi connectivity index (χ3n) is 8.72. The molecule has 0 spiro atoms. The lowest BCUT2D eigenvalue weighted by molar-refractivity contribution is 0.107. The molecule has 0 bridgehead atoms. The van der Waals surface area contributed by atoms with Crippen LogP contribution in [0, 0.1) is 12.7 Å². The smallest absolute Gasteiger partial charge is 0.349 e. The highest BCUT2D eigenvalue weighted by atomic mass is 19.1. The maximum absolute atomic E-state index is 15.1. The topological polar surface area (TPSA) is 119 Å². The van der Waals surface area contributed by atoms with Crippen molar-refractivity contribution >= 4 is 27.5 Å². The summed E-state index contributed by atoms with van der Waals surface area (Å²) < 4.78 is 43.3. The summed E-state index contributed by atoms with van der Waals surface area (Å²) in [5.41, 5.74) is 0.593. The fraction of sp³-hybridized carbons (Fsp3) is 0.355. The molecule has 0 radical (unpaired) electrons. The molecule has 0 aliphatic carbocycles. The first-order chi connectivity index (χ1) is 20.7. The van der Waals surface area contributed by atoms with Crippen molar-refractivity contribution in [1.29, 1.82) is 0 Å². The second-order valence-corrected chi connectivity index (χ2v) is 11.5. The number of aromatic hydroxyl groups is 1. The molecule has 2 aliphatic heterocycles. The Bertz CT molecular complexity index is 1940. The van der Waals surface area contributed by atoms with Crippen molar-refractivity contribution < 1.29 is 23.0 Å². The van der Waals surface area contributed by atoms with Gasteiger partial charge < -0.3 is 24.1 Å². The van der Waals surface area contributed by atoms with Crippen LogP contribution in [0.1, 0.15) is 30.5 Å². The molecule has 5 heterocycles. The van der Waals surface area contributed by atoms with Crippen molar-refractivity contribution in [3.63, 3.8) is 0 Å². The lowest BCUT2D eigenvalue weighted by atomic mass is 9.95. The number of aromatic nitrogens is 4. The van der Waals surface area contributed by atoms with Crippen LogP contribution >= 0.6 is 0 Å². The Kier molecular flexibility index (Phi) is 6.53. The quantitative estimate of drug-likeness (QED) is 0.275. The molecule has 2 aliphatic rings. The van der Waals surface area contributed by atoms with Crippen molar-refractivity contribution in [2.75, 3.05) is 25.0 Å². The number of aryl methyl sites for hydroxylation is 2. The van der Waals surface area contributed by atoms with Crippen LogP contribution in [0.2, 0.25) is 0 Å². The van der Waals surface area contributed by atoms with Gasteiger partial charge in [-0.2, -0.15) is 9.97 Å². The SMILES string of the molecule is Cc1c(-c2cc(O)cc3cccc(F)c23)oc(=O)c2c(NCc3cncn3C)nc(OC[C@@]34CCCN3C[C@H](F)C4)nc12. The number of phenols is 1. The molecule has 2 aromatic carbocycles. The molecule has 2 N–H and O–H groups in total. The fourth-order valence-electron chi connectivity index (χ4n) is 6.60. The number of halogens is 2. The van der Waals surface area contributed by atoms with E-state index in [0.717, 1.165) is 25.1 Å². The highest BCUT2D eigenvalue weighted by molar-refractivity contribution is 6.00. The standard InChI is InChI=1S/C31H30F2N6O4/c1-17-26-25(29(41)43-27(17)22-10-21(40)9-18-5-3-6-23(33)24(18)22)28(35-13-20-12-34-16-38(20)2)37-30(36-26)42-15-31-7-4-8-39(31)14-19(32)11-31/h3,5-6,9-10,12,16,19,40H,4,7-8,11,13-15H2,1-2H3,(H,35,36,37)/t19-,31+/m1/s1. The van der Waals surface area contributed by atoms with Crippen LogP contribution in [0.5, 0.6) is 11.8 Å². The molecule has 222 valence electrons. The van der Waals surface area contributed by atoms with Gasteiger partial charge in [-0.1, -0.05) is 12.1 Å². The van der Waals surface area contributed by atoms with E-state index in [1.54, 1.807) is 31.6 Å². The zero-order valence-corrected chi connectivity index (χ0v) is 23.7. The number of fused-ring (bicyclic) bond motifs is 3. The van der Waals surface area contributed by atoms with Gasteiger partial charge in [0.2, 0.25) is 0 Å². The van der Waals surface area contributed by atoms with Gasteiger partial charge in [0.1, 0.15) is 41.3 Å². The van der Waals surface area contributed by atoms with E-state index in [2.05, 4.69) is 25.2 Å². The van der Waals surface area contributed by atoms with Crippen LogP contribution < -0.4 is 15.7 Å². The minimum atomic E-state index is -0.913. The van der Waals surface area contributed by atoms with Gasteiger partial charge in [0.15, 0.2) is 0 Å². The minimum Gasteiger partial charge on any atom is -0.508 e. The molecule has 10 nitrogen and oxygen atoms in total. The third kappa shape index (κ3) is 4.66. The maximum Gasteiger partial charge on any atom is 0.349 e. The number of benzene rings is 2. The molecule has 12 heteroatoms. The van der Waals surface area contributed by atoms with Crippen molar-refractivity contribution in [2.45, 2.75) is 44.4 Å². The van der Waals surface area contributed by atoms with Crippen LogP contribution in [-0.4, -0.2) is 60.9 Å². The average molecular weight is 589 g/mol. The van der Waals surface area contributed by atoms with Gasteiger partial charge in [-0.15, -0.1) is 0 Å². The number of anilines is 1. The van der Waals surface area contributed by atoms with E-state index in [9.17, 15) is 14.3 Å². The van der Waals surface area contributed by atoms with Gasteiger partial charge in [0.05, 0.1) is 29.6 Å². The molecule has 0 saturated carbocycles. The van der Waals surface area contributed by atoms with E-state index in [4.69, 9.17) is 9.15 Å². The molecule has 2 saturated heterocycles. The number of nitrogens with one attached hydrogen (secondary N) is 1. The molecule has 0 unspecified atom stereocenters. The number of alkyl halides is 1. The molecule has 43 heavy (non-hydrogen) atoms. The molecule has 5 aromatic rings. The van der Waals surface area contributed by atoms with E-state index >= 15 is 4.39 Å². The number of imidazole rings is 1. The van der Waals surface area contributed by atoms with Crippen LogP contribution in [0.4, 0.5) is 14.6 Å². The van der Waals surface area contributed by atoms with Crippen LogP contribution in [-0.2, 0) is 13.6 Å². The van der Waals surface area contributed by atoms with Crippen molar-refractivity contribution in [1.82, 2.24) is 24.4 Å². The summed E-state index contributed by atoms with van der Waals surface area (Å²) in [4.78, 5) is 29.1. The first-order valence-electron chi connectivity index (χ1n) is 14.2. The Balaban J connectivity index is 1.37. The Morgan fingerprint density at radius 2 is 2.12 bits per heavy atom. The number of nitrogens with zero attached hydrogens (tertiary/aromatic N) is 5. The molecule has 7 rings (SSSR count). The first-order valence-corrected chi connectivity index (χ1v) is 14.2. The second-order valence-electron chi connectivity index (χ2n) is 11.5. The van der Waals surface area contributed by atoms with Gasteiger partial charge in [-0.25, -0.2) is 18.6 Å². The number of phenolic OH excluding ortho intramolecular Hbond substituents is 1. The van der Waals surface area contributed by atoms with Crippen molar-refractivity contribution in [3.05, 3.63) is 70.4 Å². The summed E-state index contributed by atoms with van der Waals surface area (Å²) in [7, 11) is 1.85. The zero-order valence-electron chi connectivity index (χ0n) is 23.7. The lowest BCUT2D eigenvalue weighted by Crippen LogP contribution is -2.43. The van der Waals surface area contributed by atoms with Gasteiger partial charge in [-0.05, 0) is 49.9 Å². The molecular formula is C31H30F2N6O4. The van der Waals surface area contributed by atoms with E-state index in [1.165, 1.54) is 18.2 Å². The summed E-state index contributed by atoms with van der Waals surface area (Å²) in [6.07, 6.45) is 4.61. The summed E-state index contributed by atoms with van der Waals surface area (Å²) in [5.74, 6) is -0.360. The van der Waals surface area contributed by atoms with E-state index in [0.29, 0.717) is 30.5 Å². The van der Waals surface area contributed by atoms with Gasteiger partial charge in [0.25, 0.3) is 0 Å². The highest BCUT2D eigenvalue weighted by Crippen LogP contribution is 2.41. The van der Waals surface area contributed by atoms with E-state index in [-0.39, 0.29) is 51.8 Å². The number of hydrogen-bond donors (Lipinski definition) is 2. The average Bonchev–Trinajstić information content (AvgIpc) is 3.65. The lowest BCUT2D eigenvalue weighted by Gasteiger charge is -2.30. The summed E-state index contributed by atoms with van der Waals surface area (Å²) in [5, 5.41) is 14.4. The van der Waals surface area contributed by atoms with Crippen molar-refractivity contribution in [3.8, 4) is 23.1 Å². The van der Waals surface area contributed by atoms with Crippen LogP contribution in [0.15, 0.2) is 52.1 Å². The predicted molar refractivity (Wildman–Crippen MR) is 156 cm³/mol. The van der Waals surface area contributed by atoms with Gasteiger partial charge in [0, 0.05) is 42.7 Å². The number of rotatable bonds is 7. The summed E-state index contributed by atoms with van der Waals surface area (Å²) >= 11 is 0. The first kappa shape index (κ1) is 27.3. The Morgan fingerprint density at radius 1 is 1.26 bits per heavy atom. The van der Waals surface area contributed by atoms with E-state index in [1.807, 2.05) is 11.6 Å². The highest BCUT2D eigenvalue weighted by Gasteiger charge is 2.49. The number of ether oxygens (including phenoxy) is 1. The molecule has 0 amide bonds. The van der Waals surface area contributed by atoms with Crippen LogP contribution in [0.25, 0.3) is 33.0 Å². The Labute approximate surface area is 245 Å². The molecule has 2 fully saturated rings. The Morgan fingerprint density at radius 3 is 2.93 bits per heavy atom. The number of hydrogen-bond acceptors (Lipinski definition) is 9. The summed E-state index contributed by atoms with van der Waals surface area (Å²) in [6, 6.07) is 7.35. The van der Waals surface area contributed by atoms with E-state index < -0.39 is 23.2 Å². The second kappa shape index (κ2) is 10.3. The van der Waals surface area contributed by atoms with Gasteiger partial charge >= 0.3 is 11.6 Å². The van der Waals surface area contributed by atoms with Crippen LogP contribution in [0.3, 0.4) is 0 Å². The van der Waals surface area contributed by atoms with Crippen molar-refractivity contribution in [2.24, 2.45) is 7.05 Å². The largest absolute Gasteiger partial charge is 0.508 e. The normalized spacial score (nSPS) is 20.2. The van der Waals surface area contributed by atoms with Gasteiger partial charge in [-0.3, -0.25) is 4.90 Å². The predicted octanol–water partition coefficient (Wildman–Crippen LogP) is 4.86. The minimum absolute atomic E-state index is 0.0233. The molecule has 2 atom stereocenters. The maximum atomic E-state index is 15.1. The zero-order chi connectivity index (χ0) is 29.9. The molecular weight excluding hydrogens is 558 g/mol.